The molecular weight excluding hydrogens is 356 g/mol. The number of nitrogens with zero attached hydrogens (tertiary/aromatic N) is 2. The summed E-state index contributed by atoms with van der Waals surface area (Å²) in [5.41, 5.74) is 2.64. The molecule has 0 bridgehead atoms. The van der Waals surface area contributed by atoms with Crippen LogP contribution in [0.4, 0.5) is 5.69 Å². The average molecular weight is 380 g/mol. The molecule has 28 heavy (non-hydrogen) atoms. The maximum absolute atomic E-state index is 13.3. The van der Waals surface area contributed by atoms with Crippen LogP contribution in [0.1, 0.15) is 18.1 Å². The number of anilines is 1. The second-order valence-electron chi connectivity index (χ2n) is 6.56. The van der Waals surface area contributed by atoms with Gasteiger partial charge in [0.25, 0.3) is 11.8 Å². The molecule has 2 aromatic rings. The summed E-state index contributed by atoms with van der Waals surface area (Å²) in [5.74, 6) is -0.0629. The predicted molar refractivity (Wildman–Crippen MR) is 108 cm³/mol. The molecule has 1 aliphatic heterocycles. The highest BCUT2D eigenvalue weighted by Gasteiger charge is 2.42. The van der Waals surface area contributed by atoms with Gasteiger partial charge in [-0.3, -0.25) is 9.59 Å². The molecule has 0 spiro atoms. The summed E-state index contributed by atoms with van der Waals surface area (Å²) in [4.78, 5) is 29.4. The number of hydrogen-bond donors (Lipinski definition) is 1. The molecule has 1 N–H and O–H groups in total. The molecular formula is C22H24N2O4. The summed E-state index contributed by atoms with van der Waals surface area (Å²) >= 11 is 0. The van der Waals surface area contributed by atoms with Crippen LogP contribution >= 0.6 is 0 Å². The highest BCUT2D eigenvalue weighted by molar-refractivity contribution is 6.45. The minimum atomic E-state index is -0.390. The van der Waals surface area contributed by atoms with Gasteiger partial charge in [-0.1, -0.05) is 30.3 Å². The van der Waals surface area contributed by atoms with Crippen LogP contribution in [-0.4, -0.2) is 48.6 Å². The molecule has 1 aliphatic rings. The van der Waals surface area contributed by atoms with Crippen molar-refractivity contribution in [2.45, 2.75) is 13.8 Å². The van der Waals surface area contributed by atoms with Crippen molar-refractivity contribution in [1.29, 1.82) is 0 Å². The Balaban J connectivity index is 2.10. The maximum atomic E-state index is 13.3. The number of benzene rings is 2. The van der Waals surface area contributed by atoms with E-state index in [0.29, 0.717) is 29.2 Å². The van der Waals surface area contributed by atoms with Crippen LogP contribution in [0.5, 0.6) is 5.75 Å². The fraction of sp³-hybridized carbons (Fsp3) is 0.273. The highest BCUT2D eigenvalue weighted by atomic mass is 16.5. The van der Waals surface area contributed by atoms with Crippen LogP contribution in [0.2, 0.25) is 0 Å². The van der Waals surface area contributed by atoms with E-state index >= 15 is 0 Å². The lowest BCUT2D eigenvalue weighted by molar-refractivity contribution is -0.120. The van der Waals surface area contributed by atoms with Gasteiger partial charge in [-0.15, -0.1) is 0 Å². The number of ether oxygens (including phenoxy) is 1. The van der Waals surface area contributed by atoms with Gasteiger partial charge in [0.05, 0.1) is 24.5 Å². The third kappa shape index (κ3) is 3.51. The van der Waals surface area contributed by atoms with Crippen molar-refractivity contribution in [2.24, 2.45) is 0 Å². The summed E-state index contributed by atoms with van der Waals surface area (Å²) < 4.78 is 5.47. The molecule has 0 saturated carbocycles. The number of likely N-dealkylation sites (N-methyl/N-ethyl adjacent to an activating group) is 1. The Bertz CT molecular complexity index is 918. The first-order valence-electron chi connectivity index (χ1n) is 9.23. The fourth-order valence-corrected chi connectivity index (χ4v) is 3.31. The van der Waals surface area contributed by atoms with Crippen molar-refractivity contribution >= 4 is 23.1 Å². The second-order valence-corrected chi connectivity index (χ2v) is 6.56. The van der Waals surface area contributed by atoms with Gasteiger partial charge >= 0.3 is 0 Å². The van der Waals surface area contributed by atoms with Crippen molar-refractivity contribution < 1.29 is 19.4 Å². The third-order valence-electron chi connectivity index (χ3n) is 4.69. The minimum Gasteiger partial charge on any atom is -0.494 e. The Morgan fingerprint density at radius 1 is 1.04 bits per heavy atom. The summed E-state index contributed by atoms with van der Waals surface area (Å²) in [7, 11) is 1.70. The Morgan fingerprint density at radius 2 is 1.71 bits per heavy atom. The maximum Gasteiger partial charge on any atom is 0.282 e. The van der Waals surface area contributed by atoms with Crippen molar-refractivity contribution in [3.8, 4) is 5.75 Å². The molecule has 0 radical (unpaired) electrons. The Kier molecular flexibility index (Phi) is 5.80. The summed E-state index contributed by atoms with van der Waals surface area (Å²) in [6.45, 7) is 4.43. The van der Waals surface area contributed by atoms with Crippen LogP contribution in [0.15, 0.2) is 54.2 Å². The summed E-state index contributed by atoms with van der Waals surface area (Å²) in [6, 6.07) is 14.4. The molecule has 0 unspecified atom stereocenters. The van der Waals surface area contributed by atoms with E-state index in [1.165, 1.54) is 4.90 Å². The molecule has 2 amide bonds. The van der Waals surface area contributed by atoms with Crippen LogP contribution in [0.25, 0.3) is 5.57 Å². The first-order chi connectivity index (χ1) is 13.5. The zero-order chi connectivity index (χ0) is 20.3. The van der Waals surface area contributed by atoms with Gasteiger partial charge < -0.3 is 14.7 Å². The minimum absolute atomic E-state index is 0.123. The first-order valence-corrected chi connectivity index (χ1v) is 9.23. The van der Waals surface area contributed by atoms with E-state index in [1.807, 2.05) is 26.0 Å². The van der Waals surface area contributed by atoms with Gasteiger partial charge in [-0.05, 0) is 43.2 Å². The zero-order valence-corrected chi connectivity index (χ0v) is 16.3. The van der Waals surface area contributed by atoms with Gasteiger partial charge in [0.2, 0.25) is 0 Å². The van der Waals surface area contributed by atoms with Crippen LogP contribution in [0.3, 0.4) is 0 Å². The van der Waals surface area contributed by atoms with E-state index in [-0.39, 0.29) is 30.7 Å². The van der Waals surface area contributed by atoms with Gasteiger partial charge in [-0.2, -0.15) is 0 Å². The summed E-state index contributed by atoms with van der Waals surface area (Å²) in [6.07, 6.45) is 0. The van der Waals surface area contributed by atoms with Crippen molar-refractivity contribution in [2.75, 3.05) is 31.7 Å². The quantitative estimate of drug-likeness (QED) is 0.748. The number of amides is 2. The third-order valence-corrected chi connectivity index (χ3v) is 4.69. The Labute approximate surface area is 164 Å². The van der Waals surface area contributed by atoms with Gasteiger partial charge in [-0.25, -0.2) is 4.90 Å². The number of aryl methyl sites for hydroxylation is 1. The Hall–Kier alpha value is -3.12. The van der Waals surface area contributed by atoms with E-state index in [2.05, 4.69) is 0 Å². The SMILES string of the molecule is CCOc1ccc(C2=C(N(C)CCO)C(=O)N(c3ccccc3C)C2=O)cc1. The normalized spacial score (nSPS) is 14.1. The number of carbonyl (C=O) groups excluding carboxylic acids is 2. The van der Waals surface area contributed by atoms with Crippen LogP contribution in [-0.2, 0) is 9.59 Å². The molecule has 0 fully saturated rings. The van der Waals surface area contributed by atoms with Gasteiger partial charge in [0.1, 0.15) is 11.4 Å². The fourth-order valence-electron chi connectivity index (χ4n) is 3.31. The topological polar surface area (TPSA) is 70.1 Å². The number of aliphatic hydroxyl groups is 1. The average Bonchev–Trinajstić information content (AvgIpc) is 2.94. The number of aliphatic hydroxyl groups excluding tert-OH is 1. The zero-order valence-electron chi connectivity index (χ0n) is 16.3. The number of carbonyl (C=O) groups is 2. The number of imide groups is 1. The molecule has 0 aliphatic carbocycles. The molecule has 1 heterocycles. The smallest absolute Gasteiger partial charge is 0.282 e. The van der Waals surface area contributed by atoms with E-state index < -0.39 is 0 Å². The molecule has 146 valence electrons. The van der Waals surface area contributed by atoms with Crippen LogP contribution in [0, 0.1) is 6.92 Å². The van der Waals surface area contributed by atoms with E-state index in [4.69, 9.17) is 4.74 Å². The van der Waals surface area contributed by atoms with E-state index in [9.17, 15) is 14.7 Å². The summed E-state index contributed by atoms with van der Waals surface area (Å²) in [5, 5.41) is 9.34. The molecule has 3 rings (SSSR count). The monoisotopic (exact) mass is 380 g/mol. The molecule has 0 saturated heterocycles. The standard InChI is InChI=1S/C22H24N2O4/c1-4-28-17-11-9-16(10-12-17)19-20(23(3)13-14-25)22(27)24(21(19)26)18-8-6-5-7-15(18)2/h5-12,25H,4,13-14H2,1-3H3. The van der Waals surface area contributed by atoms with Crippen molar-refractivity contribution in [1.82, 2.24) is 4.90 Å². The molecule has 6 heteroatoms. The number of para-hydroxylation sites is 1. The largest absolute Gasteiger partial charge is 0.494 e. The molecule has 0 aromatic heterocycles. The van der Waals surface area contributed by atoms with Crippen molar-refractivity contribution in [3.05, 3.63) is 65.4 Å². The van der Waals surface area contributed by atoms with Crippen LogP contribution < -0.4 is 9.64 Å². The second kappa shape index (κ2) is 8.27. The number of hydrogen-bond acceptors (Lipinski definition) is 5. The Morgan fingerprint density at radius 3 is 2.32 bits per heavy atom. The lowest BCUT2D eigenvalue weighted by atomic mass is 10.0. The molecule has 6 nitrogen and oxygen atoms in total. The lowest BCUT2D eigenvalue weighted by Crippen LogP contribution is -2.35. The van der Waals surface area contributed by atoms with Gasteiger partial charge in [0, 0.05) is 13.6 Å². The van der Waals surface area contributed by atoms with E-state index in [0.717, 1.165) is 5.56 Å². The van der Waals surface area contributed by atoms with E-state index in [1.54, 1.807) is 48.3 Å². The molecule has 0 atom stereocenters. The number of rotatable bonds is 7. The van der Waals surface area contributed by atoms with Crippen molar-refractivity contribution in [3.63, 3.8) is 0 Å². The predicted octanol–water partition coefficient (Wildman–Crippen LogP) is 2.60. The van der Waals surface area contributed by atoms with Gasteiger partial charge in [0.15, 0.2) is 0 Å². The lowest BCUT2D eigenvalue weighted by Gasteiger charge is -2.21. The highest BCUT2D eigenvalue weighted by Crippen LogP contribution is 2.35. The molecule has 2 aromatic carbocycles. The first kappa shape index (κ1) is 19.6.